The summed E-state index contributed by atoms with van der Waals surface area (Å²) in [7, 11) is -3.41. The van der Waals surface area contributed by atoms with Crippen molar-refractivity contribution in [1.29, 1.82) is 0 Å². The number of rotatable bonds is 6. The third-order valence-corrected chi connectivity index (χ3v) is 5.50. The molecule has 0 bridgehead atoms. The molecule has 0 radical (unpaired) electrons. The van der Waals surface area contributed by atoms with E-state index in [0.717, 1.165) is 21.0 Å². The number of hydrogen-bond donors (Lipinski definition) is 2. The van der Waals surface area contributed by atoms with Crippen LogP contribution in [-0.2, 0) is 22.3 Å². The molecular formula is C14H19N3O2S2. The largest absolute Gasteiger partial charge is 0.326 e. The average Bonchev–Trinajstić information content (AvgIpc) is 2.85. The minimum atomic E-state index is -3.41. The van der Waals surface area contributed by atoms with Gasteiger partial charge in [-0.3, -0.25) is 0 Å². The number of nitrogens with one attached hydrogen (secondary N) is 1. The van der Waals surface area contributed by atoms with Gasteiger partial charge in [0.05, 0.1) is 11.8 Å². The molecule has 114 valence electrons. The molecule has 2 aromatic rings. The Morgan fingerprint density at radius 1 is 1.29 bits per heavy atom. The lowest BCUT2D eigenvalue weighted by Gasteiger charge is -2.12. The Balaban J connectivity index is 2.04. The Hall–Kier alpha value is -1.28. The Morgan fingerprint density at radius 2 is 1.90 bits per heavy atom. The van der Waals surface area contributed by atoms with Crippen LogP contribution in [0.5, 0.6) is 0 Å². The standard InChI is InChI=1S/C14H19N3O2S2/c1-10-8-16-14(20-10)11(2)17-21(18,19)9-13-5-3-12(7-15)4-6-13/h3-6,8,11,17H,7,9,15H2,1-2H3. The third-order valence-electron chi connectivity index (χ3n) is 2.98. The van der Waals surface area contributed by atoms with Gasteiger partial charge in [-0.2, -0.15) is 0 Å². The van der Waals surface area contributed by atoms with E-state index in [1.54, 1.807) is 25.3 Å². The fraction of sp³-hybridized carbons (Fsp3) is 0.357. The van der Waals surface area contributed by atoms with Crippen LogP contribution < -0.4 is 10.5 Å². The first-order valence-corrected chi connectivity index (χ1v) is 9.07. The highest BCUT2D eigenvalue weighted by molar-refractivity contribution is 7.88. The minimum absolute atomic E-state index is 0.0491. The summed E-state index contributed by atoms with van der Waals surface area (Å²) in [5.41, 5.74) is 7.24. The first-order valence-electron chi connectivity index (χ1n) is 6.60. The Bertz CT molecular complexity index is 693. The molecule has 2 rings (SSSR count). The highest BCUT2D eigenvalue weighted by Gasteiger charge is 2.18. The zero-order chi connectivity index (χ0) is 15.5. The number of thiazole rings is 1. The molecule has 0 aliphatic carbocycles. The van der Waals surface area contributed by atoms with E-state index >= 15 is 0 Å². The van der Waals surface area contributed by atoms with Gasteiger partial charge in [-0.15, -0.1) is 11.3 Å². The molecule has 1 aromatic carbocycles. The second kappa shape index (κ2) is 6.65. The second-order valence-electron chi connectivity index (χ2n) is 4.93. The Kier molecular flexibility index (Phi) is 5.10. The van der Waals surface area contributed by atoms with Crippen LogP contribution in [0.1, 0.15) is 34.0 Å². The Morgan fingerprint density at radius 3 is 2.43 bits per heavy atom. The topological polar surface area (TPSA) is 85.1 Å². The van der Waals surface area contributed by atoms with Crippen LogP contribution in [0.25, 0.3) is 0 Å². The molecule has 0 saturated carbocycles. The SMILES string of the molecule is Cc1cnc(C(C)NS(=O)(=O)Cc2ccc(CN)cc2)s1. The summed E-state index contributed by atoms with van der Waals surface area (Å²) in [5, 5.41) is 0.773. The Labute approximate surface area is 129 Å². The molecule has 7 heteroatoms. The maximum atomic E-state index is 12.2. The molecule has 21 heavy (non-hydrogen) atoms. The molecule has 5 nitrogen and oxygen atoms in total. The lowest BCUT2D eigenvalue weighted by molar-refractivity contribution is 0.565. The summed E-state index contributed by atoms with van der Waals surface area (Å²) in [4.78, 5) is 5.27. The summed E-state index contributed by atoms with van der Waals surface area (Å²) in [6.07, 6.45) is 1.75. The number of aromatic nitrogens is 1. The summed E-state index contributed by atoms with van der Waals surface area (Å²) in [6, 6.07) is 6.95. The average molecular weight is 325 g/mol. The van der Waals surface area contributed by atoms with Crippen LogP contribution in [0.15, 0.2) is 30.5 Å². The number of hydrogen-bond acceptors (Lipinski definition) is 5. The van der Waals surface area contributed by atoms with E-state index in [4.69, 9.17) is 5.73 Å². The van der Waals surface area contributed by atoms with Crippen LogP contribution in [0.4, 0.5) is 0 Å². The van der Waals surface area contributed by atoms with Crippen molar-refractivity contribution in [3.05, 3.63) is 51.5 Å². The van der Waals surface area contributed by atoms with Gasteiger partial charge in [0.1, 0.15) is 5.01 Å². The molecule has 1 aromatic heterocycles. The van der Waals surface area contributed by atoms with Crippen LogP contribution in [0.2, 0.25) is 0 Å². The van der Waals surface area contributed by atoms with Crippen molar-refractivity contribution in [2.24, 2.45) is 5.73 Å². The highest BCUT2D eigenvalue weighted by atomic mass is 32.2. The van der Waals surface area contributed by atoms with Crippen LogP contribution in [0, 0.1) is 6.92 Å². The van der Waals surface area contributed by atoms with Gasteiger partial charge in [-0.25, -0.2) is 18.1 Å². The van der Waals surface area contributed by atoms with E-state index < -0.39 is 10.0 Å². The van der Waals surface area contributed by atoms with E-state index in [2.05, 4.69) is 9.71 Å². The molecule has 3 N–H and O–H groups in total. The van der Waals surface area contributed by atoms with Gasteiger partial charge >= 0.3 is 0 Å². The van der Waals surface area contributed by atoms with Crippen molar-refractivity contribution in [2.75, 3.05) is 0 Å². The summed E-state index contributed by atoms with van der Waals surface area (Å²) in [6.45, 7) is 4.19. The van der Waals surface area contributed by atoms with E-state index in [1.807, 2.05) is 19.1 Å². The molecule has 0 aliphatic heterocycles. The van der Waals surface area contributed by atoms with Crippen molar-refractivity contribution in [3.63, 3.8) is 0 Å². The smallest absolute Gasteiger partial charge is 0.216 e. The maximum Gasteiger partial charge on any atom is 0.216 e. The van der Waals surface area contributed by atoms with Crippen LogP contribution in [0.3, 0.4) is 0 Å². The molecule has 0 amide bonds. The summed E-state index contributed by atoms with van der Waals surface area (Å²) < 4.78 is 27.0. The van der Waals surface area contributed by atoms with Crippen LogP contribution in [-0.4, -0.2) is 13.4 Å². The first-order chi connectivity index (χ1) is 9.89. The van der Waals surface area contributed by atoms with Gasteiger partial charge in [-0.05, 0) is 25.0 Å². The predicted octanol–water partition coefficient (Wildman–Crippen LogP) is 2.09. The van der Waals surface area contributed by atoms with Gasteiger partial charge in [0.25, 0.3) is 0 Å². The fourth-order valence-electron chi connectivity index (χ4n) is 1.92. The van der Waals surface area contributed by atoms with Crippen molar-refractivity contribution in [3.8, 4) is 0 Å². The molecule has 1 heterocycles. The van der Waals surface area contributed by atoms with E-state index in [0.29, 0.717) is 6.54 Å². The molecule has 0 fully saturated rings. The zero-order valence-corrected chi connectivity index (χ0v) is 13.7. The summed E-state index contributed by atoms with van der Waals surface area (Å²) >= 11 is 1.50. The van der Waals surface area contributed by atoms with Crippen molar-refractivity contribution < 1.29 is 8.42 Å². The summed E-state index contributed by atoms with van der Waals surface area (Å²) in [5.74, 6) is -0.0491. The number of aryl methyl sites for hydroxylation is 1. The van der Waals surface area contributed by atoms with Gasteiger partial charge in [0.2, 0.25) is 10.0 Å². The van der Waals surface area contributed by atoms with E-state index in [-0.39, 0.29) is 11.8 Å². The van der Waals surface area contributed by atoms with Crippen molar-refractivity contribution in [2.45, 2.75) is 32.2 Å². The first kappa shape index (κ1) is 16.1. The molecule has 1 unspecified atom stereocenters. The van der Waals surface area contributed by atoms with Gasteiger partial charge in [-0.1, -0.05) is 24.3 Å². The van der Waals surface area contributed by atoms with E-state index in [1.165, 1.54) is 11.3 Å². The fourth-order valence-corrected chi connectivity index (χ4v) is 4.14. The van der Waals surface area contributed by atoms with Crippen molar-refractivity contribution in [1.82, 2.24) is 9.71 Å². The normalized spacial score (nSPS) is 13.3. The van der Waals surface area contributed by atoms with Gasteiger partial charge in [0.15, 0.2) is 0 Å². The lowest BCUT2D eigenvalue weighted by atomic mass is 10.1. The predicted molar refractivity (Wildman–Crippen MR) is 85.4 cm³/mol. The zero-order valence-electron chi connectivity index (χ0n) is 12.0. The lowest BCUT2D eigenvalue weighted by Crippen LogP contribution is -2.28. The van der Waals surface area contributed by atoms with Gasteiger partial charge in [0, 0.05) is 17.6 Å². The highest BCUT2D eigenvalue weighted by Crippen LogP contribution is 2.20. The van der Waals surface area contributed by atoms with Crippen molar-refractivity contribution >= 4 is 21.4 Å². The number of nitrogens with zero attached hydrogens (tertiary/aromatic N) is 1. The third kappa shape index (κ3) is 4.60. The van der Waals surface area contributed by atoms with Crippen LogP contribution >= 0.6 is 11.3 Å². The molecule has 0 spiro atoms. The molecular weight excluding hydrogens is 306 g/mol. The number of benzene rings is 1. The molecule has 1 atom stereocenters. The maximum absolute atomic E-state index is 12.2. The quantitative estimate of drug-likeness (QED) is 0.851. The van der Waals surface area contributed by atoms with Gasteiger partial charge < -0.3 is 5.73 Å². The number of sulfonamides is 1. The van der Waals surface area contributed by atoms with E-state index in [9.17, 15) is 8.42 Å². The monoisotopic (exact) mass is 325 g/mol. The molecule has 0 saturated heterocycles. The molecule has 0 aliphatic rings. The minimum Gasteiger partial charge on any atom is -0.326 e. The number of nitrogens with two attached hydrogens (primary N) is 1. The second-order valence-corrected chi connectivity index (χ2v) is 7.95.